The molecule has 1 N–H and O–H groups in total. The Balaban J connectivity index is 1.51. The summed E-state index contributed by atoms with van der Waals surface area (Å²) in [5.41, 5.74) is 0. The van der Waals surface area contributed by atoms with Crippen LogP contribution in [0, 0.1) is 0 Å². The highest BCUT2D eigenvalue weighted by Crippen LogP contribution is 2.44. The minimum Gasteiger partial charge on any atom is -0.343 e. The van der Waals surface area contributed by atoms with Crippen LogP contribution < -0.4 is 5.32 Å². The highest BCUT2D eigenvalue weighted by Gasteiger charge is 2.60. The van der Waals surface area contributed by atoms with Crippen LogP contribution in [0.3, 0.4) is 0 Å². The molecule has 5 atom stereocenters. The average Bonchev–Trinajstić information content (AvgIpc) is 2.98. The number of hydrogen-bond acceptors (Lipinski definition) is 6. The lowest BCUT2D eigenvalue weighted by Crippen LogP contribution is -2.58. The third kappa shape index (κ3) is 4.73. The highest BCUT2D eigenvalue weighted by molar-refractivity contribution is 5.00. The van der Waals surface area contributed by atoms with E-state index in [9.17, 15) is 0 Å². The van der Waals surface area contributed by atoms with Crippen LogP contribution in [0.25, 0.3) is 0 Å². The summed E-state index contributed by atoms with van der Waals surface area (Å²) in [6, 6.07) is 0. The lowest BCUT2D eigenvalue weighted by molar-refractivity contribution is -0.342. The molecule has 3 aliphatic rings. The van der Waals surface area contributed by atoms with Crippen molar-refractivity contribution in [2.75, 3.05) is 13.1 Å². The van der Waals surface area contributed by atoms with Crippen LogP contribution in [0.4, 0.5) is 0 Å². The zero-order valence-electron chi connectivity index (χ0n) is 16.4. The molecule has 0 bridgehead atoms. The fraction of sp³-hybridized carbons (Fsp3) is 1.00. The van der Waals surface area contributed by atoms with Crippen molar-refractivity contribution in [2.45, 2.75) is 109 Å². The van der Waals surface area contributed by atoms with Gasteiger partial charge in [-0.15, -0.1) is 0 Å². The van der Waals surface area contributed by atoms with E-state index in [0.717, 1.165) is 13.1 Å². The van der Waals surface area contributed by atoms with E-state index in [1.807, 2.05) is 27.7 Å². The second kappa shape index (κ2) is 7.79. The van der Waals surface area contributed by atoms with E-state index in [1.165, 1.54) is 32.1 Å². The van der Waals surface area contributed by atoms with Gasteiger partial charge in [0, 0.05) is 6.54 Å². The molecule has 0 unspecified atom stereocenters. The van der Waals surface area contributed by atoms with Crippen molar-refractivity contribution < 1.29 is 23.7 Å². The second-order valence-corrected chi connectivity index (χ2v) is 8.33. The van der Waals surface area contributed by atoms with Gasteiger partial charge in [-0.1, -0.05) is 32.6 Å². The molecule has 3 heterocycles. The minimum atomic E-state index is -0.650. The maximum absolute atomic E-state index is 6.13. The van der Waals surface area contributed by atoms with Crippen molar-refractivity contribution >= 4 is 0 Å². The van der Waals surface area contributed by atoms with Crippen molar-refractivity contribution in [3.05, 3.63) is 0 Å². The molecule has 6 heteroatoms. The molecule has 0 aromatic heterocycles. The third-order valence-electron chi connectivity index (χ3n) is 5.05. The van der Waals surface area contributed by atoms with Gasteiger partial charge in [0.05, 0.1) is 0 Å². The number of fused-ring (bicyclic) bond motifs is 3. The summed E-state index contributed by atoms with van der Waals surface area (Å²) in [4.78, 5) is 0. The van der Waals surface area contributed by atoms with Crippen LogP contribution in [0.1, 0.15) is 66.7 Å². The van der Waals surface area contributed by atoms with Crippen LogP contribution in [0.5, 0.6) is 0 Å². The van der Waals surface area contributed by atoms with E-state index in [-0.39, 0.29) is 30.7 Å². The van der Waals surface area contributed by atoms with Crippen LogP contribution in [0.2, 0.25) is 0 Å². The Hall–Kier alpha value is -0.240. The Morgan fingerprint density at radius 1 is 0.760 bits per heavy atom. The van der Waals surface area contributed by atoms with Crippen LogP contribution in [-0.4, -0.2) is 55.4 Å². The van der Waals surface area contributed by atoms with Crippen molar-refractivity contribution in [1.82, 2.24) is 5.32 Å². The van der Waals surface area contributed by atoms with Crippen LogP contribution in [-0.2, 0) is 23.7 Å². The number of ether oxygens (including phenoxy) is 5. The minimum absolute atomic E-state index is 0.0645. The standard InChI is InChI=1S/C19H35NO5/c1-6-7-8-9-10-11-20-12-13-14-15(23-18(2,3)22-13)16-17(21-14)25-19(4,5)24-16/h13-17,20H,6-12H2,1-5H3/t13-,14+,15-,16+,17+/m0/s1. The number of rotatable bonds is 8. The van der Waals surface area contributed by atoms with E-state index in [4.69, 9.17) is 23.7 Å². The predicted octanol–water partition coefficient (Wildman–Crippen LogP) is 2.94. The molecule has 0 aromatic carbocycles. The largest absolute Gasteiger partial charge is 0.343 e. The van der Waals surface area contributed by atoms with Gasteiger partial charge in [-0.2, -0.15) is 0 Å². The zero-order chi connectivity index (χ0) is 18.1. The van der Waals surface area contributed by atoms with Gasteiger partial charge >= 0.3 is 0 Å². The maximum atomic E-state index is 6.13. The first kappa shape index (κ1) is 19.5. The van der Waals surface area contributed by atoms with E-state index >= 15 is 0 Å². The first-order chi connectivity index (χ1) is 11.8. The zero-order valence-corrected chi connectivity index (χ0v) is 16.4. The molecule has 3 aliphatic heterocycles. The third-order valence-corrected chi connectivity index (χ3v) is 5.05. The van der Waals surface area contributed by atoms with E-state index < -0.39 is 11.6 Å². The van der Waals surface area contributed by atoms with E-state index in [0.29, 0.717) is 0 Å². The van der Waals surface area contributed by atoms with Crippen molar-refractivity contribution in [1.29, 1.82) is 0 Å². The molecule has 0 radical (unpaired) electrons. The molecule has 0 aliphatic carbocycles. The topological polar surface area (TPSA) is 58.2 Å². The Kier molecular flexibility index (Phi) is 6.08. The Morgan fingerprint density at radius 3 is 2.20 bits per heavy atom. The summed E-state index contributed by atoms with van der Waals surface area (Å²) in [6.07, 6.45) is 5.46. The van der Waals surface area contributed by atoms with Crippen molar-refractivity contribution in [3.8, 4) is 0 Å². The van der Waals surface area contributed by atoms with Crippen molar-refractivity contribution in [3.63, 3.8) is 0 Å². The summed E-state index contributed by atoms with van der Waals surface area (Å²) < 4.78 is 30.2. The predicted molar refractivity (Wildman–Crippen MR) is 94.2 cm³/mol. The number of unbranched alkanes of at least 4 members (excludes halogenated alkanes) is 4. The number of hydrogen-bond donors (Lipinski definition) is 1. The molecular formula is C19H35NO5. The van der Waals surface area contributed by atoms with Gasteiger partial charge in [-0.3, -0.25) is 0 Å². The SMILES string of the molecule is CCCCCCCNC[C@@H]1OC(C)(C)O[C@@H]2[C@H]3OC(C)(C)O[C@H]3O[C@@H]21. The molecule has 3 rings (SSSR count). The summed E-state index contributed by atoms with van der Waals surface area (Å²) in [5.74, 6) is -1.28. The van der Waals surface area contributed by atoms with Gasteiger partial charge in [0.1, 0.15) is 24.4 Å². The maximum Gasteiger partial charge on any atom is 0.190 e. The van der Waals surface area contributed by atoms with Gasteiger partial charge < -0.3 is 29.0 Å². The first-order valence-electron chi connectivity index (χ1n) is 9.89. The summed E-state index contributed by atoms with van der Waals surface area (Å²) in [7, 11) is 0. The van der Waals surface area contributed by atoms with Gasteiger partial charge in [-0.25, -0.2) is 0 Å². The quantitative estimate of drug-likeness (QED) is 0.674. The Bertz CT molecular complexity index is 442. The van der Waals surface area contributed by atoms with Crippen LogP contribution in [0.15, 0.2) is 0 Å². The molecule has 6 nitrogen and oxygen atoms in total. The smallest absolute Gasteiger partial charge is 0.190 e. The lowest BCUT2D eigenvalue weighted by atomic mass is 10.0. The molecule has 0 aromatic rings. The average molecular weight is 357 g/mol. The number of nitrogens with one attached hydrogen (secondary N) is 1. The fourth-order valence-corrected chi connectivity index (χ4v) is 3.98. The fourth-order valence-electron chi connectivity index (χ4n) is 3.98. The molecule has 0 amide bonds. The lowest BCUT2D eigenvalue weighted by Gasteiger charge is -2.43. The summed E-state index contributed by atoms with van der Waals surface area (Å²) in [5, 5.41) is 3.52. The molecule has 3 fully saturated rings. The molecule has 0 saturated carbocycles. The molecule has 0 spiro atoms. The summed E-state index contributed by atoms with van der Waals surface area (Å²) >= 11 is 0. The second-order valence-electron chi connectivity index (χ2n) is 8.33. The van der Waals surface area contributed by atoms with Crippen molar-refractivity contribution in [2.24, 2.45) is 0 Å². The monoisotopic (exact) mass is 357 g/mol. The van der Waals surface area contributed by atoms with Gasteiger partial charge in [0.2, 0.25) is 0 Å². The van der Waals surface area contributed by atoms with E-state index in [2.05, 4.69) is 12.2 Å². The van der Waals surface area contributed by atoms with E-state index in [1.54, 1.807) is 0 Å². The molecular weight excluding hydrogens is 322 g/mol. The van der Waals surface area contributed by atoms with Gasteiger partial charge in [0.15, 0.2) is 17.9 Å². The Morgan fingerprint density at radius 2 is 1.44 bits per heavy atom. The normalized spacial score (nSPS) is 38.5. The molecule has 25 heavy (non-hydrogen) atoms. The van der Waals surface area contributed by atoms with Crippen LogP contribution >= 0.6 is 0 Å². The molecule has 146 valence electrons. The van der Waals surface area contributed by atoms with Gasteiger partial charge in [-0.05, 0) is 40.7 Å². The Labute approximate surface area is 151 Å². The summed E-state index contributed by atoms with van der Waals surface area (Å²) in [6.45, 7) is 11.7. The first-order valence-corrected chi connectivity index (χ1v) is 9.89. The molecule has 3 saturated heterocycles. The van der Waals surface area contributed by atoms with Gasteiger partial charge in [0.25, 0.3) is 0 Å². The highest BCUT2D eigenvalue weighted by atomic mass is 16.9.